The highest BCUT2D eigenvalue weighted by molar-refractivity contribution is 5.63. The van der Waals surface area contributed by atoms with Crippen LogP contribution in [0.15, 0.2) is 47.2 Å². The average Bonchev–Trinajstić information content (AvgIpc) is 3.00. The van der Waals surface area contributed by atoms with Gasteiger partial charge in [0, 0.05) is 11.6 Å². The Morgan fingerprint density at radius 2 is 1.94 bits per heavy atom. The first kappa shape index (κ1) is 9.59. The number of nitrogens with zero attached hydrogens (tertiary/aromatic N) is 4. The third-order valence-electron chi connectivity index (χ3n) is 2.32. The summed E-state index contributed by atoms with van der Waals surface area (Å²) in [7, 11) is 0. The van der Waals surface area contributed by atoms with Gasteiger partial charge in [0.15, 0.2) is 0 Å². The number of aromatic nitrogens is 4. The van der Waals surface area contributed by atoms with Gasteiger partial charge in [-0.2, -0.15) is 15.0 Å². The Balaban J connectivity index is 2.05. The van der Waals surface area contributed by atoms with E-state index in [2.05, 4.69) is 15.4 Å². The number of hydrogen-bond donors (Lipinski definition) is 1. The van der Waals surface area contributed by atoms with Crippen molar-refractivity contribution in [3.05, 3.63) is 42.7 Å². The predicted octanol–water partition coefficient (Wildman–Crippen LogP) is 1.50. The van der Waals surface area contributed by atoms with Crippen LogP contribution in [0.3, 0.4) is 0 Å². The van der Waals surface area contributed by atoms with Gasteiger partial charge in [-0.05, 0) is 12.1 Å². The zero-order valence-corrected chi connectivity index (χ0v) is 8.82. The zero-order chi connectivity index (χ0) is 11.7. The monoisotopic (exact) mass is 227 g/mol. The van der Waals surface area contributed by atoms with Crippen LogP contribution in [0.25, 0.3) is 16.9 Å². The van der Waals surface area contributed by atoms with Crippen molar-refractivity contribution >= 4 is 5.88 Å². The summed E-state index contributed by atoms with van der Waals surface area (Å²) < 4.78 is 4.84. The molecule has 1 aromatic carbocycles. The molecular weight excluding hydrogens is 218 g/mol. The molecule has 84 valence electrons. The summed E-state index contributed by atoms with van der Waals surface area (Å²) in [5, 5.41) is 12.0. The van der Waals surface area contributed by atoms with Crippen molar-refractivity contribution in [2.75, 3.05) is 5.73 Å². The maximum absolute atomic E-state index is 5.49. The van der Waals surface area contributed by atoms with Crippen molar-refractivity contribution in [2.45, 2.75) is 0 Å². The van der Waals surface area contributed by atoms with Crippen LogP contribution < -0.4 is 5.73 Å². The van der Waals surface area contributed by atoms with Gasteiger partial charge in [0.25, 0.3) is 0 Å². The van der Waals surface area contributed by atoms with Gasteiger partial charge in [-0.25, -0.2) is 0 Å². The topological polar surface area (TPSA) is 82.8 Å². The van der Waals surface area contributed by atoms with Crippen molar-refractivity contribution in [3.8, 4) is 16.9 Å². The lowest BCUT2D eigenvalue weighted by Gasteiger charge is -2.01. The summed E-state index contributed by atoms with van der Waals surface area (Å²) in [6, 6.07) is 9.32. The maximum atomic E-state index is 5.49. The summed E-state index contributed by atoms with van der Waals surface area (Å²) in [5.41, 5.74) is 7.94. The van der Waals surface area contributed by atoms with E-state index in [4.69, 9.17) is 10.3 Å². The lowest BCUT2D eigenvalue weighted by molar-refractivity contribution is 0.439. The molecule has 0 fully saturated rings. The van der Waals surface area contributed by atoms with Crippen LogP contribution in [0.1, 0.15) is 0 Å². The smallest absolute Gasteiger partial charge is 0.222 e. The lowest BCUT2D eigenvalue weighted by atomic mass is 10.1. The Hall–Kier alpha value is -2.63. The molecule has 0 saturated carbocycles. The summed E-state index contributed by atoms with van der Waals surface area (Å²) in [5.74, 6) is 0.294. The molecule has 0 amide bonds. The first-order chi connectivity index (χ1) is 8.33. The Morgan fingerprint density at radius 3 is 2.65 bits per heavy atom. The first-order valence-corrected chi connectivity index (χ1v) is 5.02. The second kappa shape index (κ2) is 3.75. The third-order valence-corrected chi connectivity index (χ3v) is 2.32. The second-order valence-electron chi connectivity index (χ2n) is 3.48. The molecular formula is C11H9N5O. The van der Waals surface area contributed by atoms with Gasteiger partial charge in [0.1, 0.15) is 5.69 Å². The molecule has 0 aliphatic carbocycles. The van der Waals surface area contributed by atoms with E-state index < -0.39 is 0 Å². The highest BCUT2D eigenvalue weighted by atomic mass is 16.5. The molecule has 0 saturated heterocycles. The number of nitrogen functional groups attached to an aromatic ring is 1. The summed E-state index contributed by atoms with van der Waals surface area (Å²) in [6.45, 7) is 0. The van der Waals surface area contributed by atoms with E-state index in [0.717, 1.165) is 11.3 Å². The van der Waals surface area contributed by atoms with Crippen molar-refractivity contribution in [1.29, 1.82) is 0 Å². The molecule has 0 radical (unpaired) electrons. The normalized spacial score (nSPS) is 10.6. The van der Waals surface area contributed by atoms with Crippen molar-refractivity contribution < 1.29 is 4.52 Å². The number of anilines is 1. The van der Waals surface area contributed by atoms with Gasteiger partial charge in [-0.1, -0.05) is 17.3 Å². The fourth-order valence-corrected chi connectivity index (χ4v) is 1.56. The maximum Gasteiger partial charge on any atom is 0.222 e. The van der Waals surface area contributed by atoms with Gasteiger partial charge >= 0.3 is 0 Å². The molecule has 2 aromatic heterocycles. The Morgan fingerprint density at radius 1 is 1.12 bits per heavy atom. The molecule has 17 heavy (non-hydrogen) atoms. The highest BCUT2D eigenvalue weighted by Crippen LogP contribution is 2.21. The lowest BCUT2D eigenvalue weighted by Crippen LogP contribution is -1.98. The van der Waals surface area contributed by atoms with Gasteiger partial charge in [0.2, 0.25) is 5.88 Å². The van der Waals surface area contributed by atoms with E-state index >= 15 is 0 Å². The number of benzene rings is 1. The van der Waals surface area contributed by atoms with E-state index in [9.17, 15) is 0 Å². The molecule has 0 atom stereocenters. The molecule has 6 nitrogen and oxygen atoms in total. The minimum Gasteiger partial charge on any atom is -0.368 e. The molecule has 0 aliphatic heterocycles. The Labute approximate surface area is 96.6 Å². The van der Waals surface area contributed by atoms with Crippen LogP contribution in [0.4, 0.5) is 5.88 Å². The highest BCUT2D eigenvalue weighted by Gasteiger charge is 2.06. The van der Waals surface area contributed by atoms with Crippen LogP contribution in [-0.4, -0.2) is 20.2 Å². The van der Waals surface area contributed by atoms with Crippen molar-refractivity contribution in [3.63, 3.8) is 0 Å². The predicted molar refractivity (Wildman–Crippen MR) is 61.3 cm³/mol. The molecule has 3 aromatic rings. The number of hydrogen-bond acceptors (Lipinski definition) is 5. The van der Waals surface area contributed by atoms with E-state index in [1.54, 1.807) is 18.5 Å². The van der Waals surface area contributed by atoms with E-state index in [1.165, 1.54) is 4.80 Å². The van der Waals surface area contributed by atoms with Gasteiger partial charge in [-0.3, -0.25) is 0 Å². The summed E-state index contributed by atoms with van der Waals surface area (Å²) >= 11 is 0. The van der Waals surface area contributed by atoms with Gasteiger partial charge in [-0.15, -0.1) is 0 Å². The van der Waals surface area contributed by atoms with Crippen LogP contribution >= 0.6 is 0 Å². The largest absolute Gasteiger partial charge is 0.368 e. The van der Waals surface area contributed by atoms with Gasteiger partial charge in [0.05, 0.1) is 18.1 Å². The minimum absolute atomic E-state index is 0.294. The zero-order valence-electron chi connectivity index (χ0n) is 8.82. The molecule has 3 rings (SSSR count). The molecule has 0 spiro atoms. The summed E-state index contributed by atoms with van der Waals surface area (Å²) in [4.78, 5) is 1.53. The third kappa shape index (κ3) is 1.76. The minimum atomic E-state index is 0.294. The molecule has 6 heteroatoms. The first-order valence-electron chi connectivity index (χ1n) is 5.02. The molecule has 2 heterocycles. The van der Waals surface area contributed by atoms with Crippen LogP contribution in [-0.2, 0) is 0 Å². The van der Waals surface area contributed by atoms with E-state index in [0.29, 0.717) is 11.6 Å². The quantitative estimate of drug-likeness (QED) is 0.717. The van der Waals surface area contributed by atoms with Crippen molar-refractivity contribution in [1.82, 2.24) is 20.2 Å². The van der Waals surface area contributed by atoms with Crippen molar-refractivity contribution in [2.24, 2.45) is 0 Å². The molecule has 2 N–H and O–H groups in total. The molecule has 0 unspecified atom stereocenters. The fraction of sp³-hybridized carbons (Fsp3) is 0. The number of rotatable bonds is 2. The molecule has 0 aliphatic rings. The Kier molecular flexibility index (Phi) is 2.11. The van der Waals surface area contributed by atoms with Crippen LogP contribution in [0.5, 0.6) is 0 Å². The Bertz CT molecular complexity index is 629. The van der Waals surface area contributed by atoms with E-state index in [-0.39, 0.29) is 0 Å². The van der Waals surface area contributed by atoms with Gasteiger partial charge < -0.3 is 10.3 Å². The van der Waals surface area contributed by atoms with Crippen LogP contribution in [0.2, 0.25) is 0 Å². The molecule has 0 bridgehead atoms. The van der Waals surface area contributed by atoms with Crippen LogP contribution in [0, 0.1) is 0 Å². The second-order valence-corrected chi connectivity index (χ2v) is 3.48. The standard InChI is InChI=1S/C11H9N5O/c12-11-7-10(15-17-11)8-2-1-3-9(6-8)16-13-4-5-14-16/h1-7H,12H2. The van der Waals surface area contributed by atoms with E-state index in [1.807, 2.05) is 24.3 Å². The average molecular weight is 227 g/mol. The summed E-state index contributed by atoms with van der Waals surface area (Å²) in [6.07, 6.45) is 3.25. The number of nitrogens with two attached hydrogens (primary N) is 1. The SMILES string of the molecule is Nc1cc(-c2cccc(-n3nccn3)c2)no1. The fourth-order valence-electron chi connectivity index (χ4n) is 1.56.